The zero-order chi connectivity index (χ0) is 6.41. The molecule has 0 saturated heterocycles. The topological polar surface area (TPSA) is 35.2 Å². The molecule has 0 radical (unpaired) electrons. The zero-order valence-corrected chi connectivity index (χ0v) is 5.68. The second kappa shape index (κ2) is 5.06. The third-order valence-corrected chi connectivity index (χ3v) is 1.01. The fraction of sp³-hybridized carbons (Fsp3) is 1.00. The molecule has 0 rings (SSSR count). The Labute approximate surface area is 51.0 Å². The Kier molecular flexibility index (Phi) is 5.01. The molecule has 0 fully saturated rings. The van der Waals surface area contributed by atoms with Gasteiger partial charge in [-0.05, 0) is 19.4 Å². The van der Waals surface area contributed by atoms with Crippen LogP contribution in [0.25, 0.3) is 0 Å². The van der Waals surface area contributed by atoms with Crippen LogP contribution in [0, 0.1) is 5.92 Å². The summed E-state index contributed by atoms with van der Waals surface area (Å²) in [6, 6.07) is 0. The molecule has 0 aliphatic rings. The Morgan fingerprint density at radius 3 is 2.62 bits per heavy atom. The second-order valence-corrected chi connectivity index (χ2v) is 2.00. The first-order valence-electron chi connectivity index (χ1n) is 3.09. The minimum absolute atomic E-state index is 0.509. The predicted molar refractivity (Wildman–Crippen MR) is 34.7 cm³/mol. The lowest BCUT2D eigenvalue weighted by Crippen LogP contribution is -2.16. The smallest absolute Gasteiger partial charge is 0.0503 e. The first kappa shape index (κ1) is 7.92. The minimum atomic E-state index is 0.509. The lowest BCUT2D eigenvalue weighted by molar-refractivity contribution is 0.118. The zero-order valence-electron chi connectivity index (χ0n) is 5.68. The summed E-state index contributed by atoms with van der Waals surface area (Å²) in [5.74, 6) is 0.509. The van der Waals surface area contributed by atoms with E-state index < -0.39 is 0 Å². The van der Waals surface area contributed by atoms with E-state index in [1.54, 1.807) is 0 Å². The molecule has 1 unspecified atom stereocenters. The maximum atomic E-state index is 5.33. The van der Waals surface area contributed by atoms with Crippen molar-refractivity contribution in [1.29, 1.82) is 0 Å². The Balaban J connectivity index is 2.86. The molecular weight excluding hydrogens is 102 g/mol. The molecule has 0 aliphatic carbocycles. The number of hydrogen-bond donors (Lipinski definition) is 1. The van der Waals surface area contributed by atoms with E-state index in [9.17, 15) is 0 Å². The van der Waals surface area contributed by atoms with Gasteiger partial charge in [0, 0.05) is 6.61 Å². The Bertz CT molecular complexity index is 47.8. The van der Waals surface area contributed by atoms with Gasteiger partial charge in [0.1, 0.15) is 0 Å². The first-order chi connectivity index (χ1) is 3.81. The highest BCUT2D eigenvalue weighted by atomic mass is 16.5. The molecule has 0 heterocycles. The highest BCUT2D eigenvalue weighted by Crippen LogP contribution is 1.90. The van der Waals surface area contributed by atoms with E-state index in [-0.39, 0.29) is 0 Å². The number of nitrogens with two attached hydrogens (primary N) is 1. The van der Waals surface area contributed by atoms with Crippen LogP contribution in [-0.4, -0.2) is 19.8 Å². The van der Waals surface area contributed by atoms with E-state index in [0.29, 0.717) is 5.92 Å². The molecule has 8 heavy (non-hydrogen) atoms. The highest BCUT2D eigenvalue weighted by molar-refractivity contribution is 4.48. The summed E-state index contributed by atoms with van der Waals surface area (Å²) < 4.78 is 5.11. The fourth-order valence-electron chi connectivity index (χ4n) is 0.387. The van der Waals surface area contributed by atoms with Gasteiger partial charge in [0.05, 0.1) is 6.61 Å². The molecule has 0 spiro atoms. The van der Waals surface area contributed by atoms with Gasteiger partial charge in [-0.3, -0.25) is 0 Å². The van der Waals surface area contributed by atoms with Crippen molar-refractivity contribution in [2.75, 3.05) is 19.8 Å². The monoisotopic (exact) mass is 117 g/mol. The molecule has 2 heteroatoms. The number of rotatable bonds is 4. The van der Waals surface area contributed by atoms with Gasteiger partial charge in [0.15, 0.2) is 0 Å². The predicted octanol–water partition coefficient (Wildman–Crippen LogP) is 0.618. The number of ether oxygens (including phenoxy) is 1. The molecule has 0 aliphatic heterocycles. The van der Waals surface area contributed by atoms with E-state index in [2.05, 4.69) is 6.92 Å². The molecule has 2 N–H and O–H groups in total. The third kappa shape index (κ3) is 4.09. The van der Waals surface area contributed by atoms with Crippen LogP contribution in [0.3, 0.4) is 0 Å². The van der Waals surface area contributed by atoms with E-state index in [0.717, 1.165) is 19.8 Å². The van der Waals surface area contributed by atoms with Crippen LogP contribution in [0.1, 0.15) is 13.8 Å². The third-order valence-electron chi connectivity index (χ3n) is 1.01. The quantitative estimate of drug-likeness (QED) is 0.585. The lowest BCUT2D eigenvalue weighted by Gasteiger charge is -2.05. The summed E-state index contributed by atoms with van der Waals surface area (Å²) in [4.78, 5) is 0. The van der Waals surface area contributed by atoms with Crippen molar-refractivity contribution in [3.05, 3.63) is 0 Å². The van der Waals surface area contributed by atoms with Crippen LogP contribution >= 0.6 is 0 Å². The van der Waals surface area contributed by atoms with Crippen molar-refractivity contribution in [3.8, 4) is 0 Å². The van der Waals surface area contributed by atoms with Crippen molar-refractivity contribution in [2.24, 2.45) is 11.7 Å². The van der Waals surface area contributed by atoms with Crippen molar-refractivity contribution in [2.45, 2.75) is 13.8 Å². The molecule has 2 nitrogen and oxygen atoms in total. The molecule has 0 saturated carbocycles. The Hall–Kier alpha value is -0.0800. The molecule has 50 valence electrons. The highest BCUT2D eigenvalue weighted by Gasteiger charge is 1.95. The molecule has 0 amide bonds. The Morgan fingerprint density at radius 2 is 2.25 bits per heavy atom. The summed E-state index contributed by atoms with van der Waals surface area (Å²) in [5.41, 5.74) is 5.33. The molecule has 1 atom stereocenters. The van der Waals surface area contributed by atoms with Gasteiger partial charge < -0.3 is 10.5 Å². The summed E-state index contributed by atoms with van der Waals surface area (Å²) in [7, 11) is 0. The van der Waals surface area contributed by atoms with E-state index in [1.807, 2.05) is 6.92 Å². The van der Waals surface area contributed by atoms with E-state index >= 15 is 0 Å². The largest absolute Gasteiger partial charge is 0.381 e. The van der Waals surface area contributed by atoms with Crippen LogP contribution < -0.4 is 5.73 Å². The summed E-state index contributed by atoms with van der Waals surface area (Å²) in [6.45, 7) is 6.39. The average Bonchev–Trinajstić information content (AvgIpc) is 1.83. The van der Waals surface area contributed by atoms with Crippen LogP contribution in [0.2, 0.25) is 0 Å². The van der Waals surface area contributed by atoms with Crippen LogP contribution in [0.15, 0.2) is 0 Å². The van der Waals surface area contributed by atoms with Gasteiger partial charge in [0.25, 0.3) is 0 Å². The van der Waals surface area contributed by atoms with Gasteiger partial charge in [-0.15, -0.1) is 0 Å². The number of hydrogen-bond acceptors (Lipinski definition) is 2. The maximum Gasteiger partial charge on any atom is 0.0503 e. The summed E-state index contributed by atoms with van der Waals surface area (Å²) >= 11 is 0. The SMILES string of the molecule is CCOCC(C)CN. The van der Waals surface area contributed by atoms with Gasteiger partial charge in [-0.2, -0.15) is 0 Å². The maximum absolute atomic E-state index is 5.33. The van der Waals surface area contributed by atoms with Gasteiger partial charge >= 0.3 is 0 Å². The van der Waals surface area contributed by atoms with Gasteiger partial charge in [-0.1, -0.05) is 6.92 Å². The van der Waals surface area contributed by atoms with Crippen LogP contribution in [0.4, 0.5) is 0 Å². The molecular formula is C6H15NO. The first-order valence-corrected chi connectivity index (χ1v) is 3.09. The summed E-state index contributed by atoms with van der Waals surface area (Å²) in [5, 5.41) is 0. The normalized spacial score (nSPS) is 13.9. The van der Waals surface area contributed by atoms with E-state index in [4.69, 9.17) is 10.5 Å². The fourth-order valence-corrected chi connectivity index (χ4v) is 0.387. The van der Waals surface area contributed by atoms with Gasteiger partial charge in [-0.25, -0.2) is 0 Å². The standard InChI is InChI=1S/C6H15NO/c1-3-8-5-6(2)4-7/h6H,3-5,7H2,1-2H3. The second-order valence-electron chi connectivity index (χ2n) is 2.00. The minimum Gasteiger partial charge on any atom is -0.381 e. The van der Waals surface area contributed by atoms with Crippen LogP contribution in [-0.2, 0) is 4.74 Å². The molecule has 0 aromatic rings. The average molecular weight is 117 g/mol. The van der Waals surface area contributed by atoms with Gasteiger partial charge in [0.2, 0.25) is 0 Å². The lowest BCUT2D eigenvalue weighted by atomic mass is 10.2. The Morgan fingerprint density at radius 1 is 1.62 bits per heavy atom. The molecule has 0 bridgehead atoms. The van der Waals surface area contributed by atoms with Crippen molar-refractivity contribution >= 4 is 0 Å². The van der Waals surface area contributed by atoms with Crippen molar-refractivity contribution in [3.63, 3.8) is 0 Å². The van der Waals surface area contributed by atoms with Crippen LogP contribution in [0.5, 0.6) is 0 Å². The molecule has 0 aromatic carbocycles. The van der Waals surface area contributed by atoms with E-state index in [1.165, 1.54) is 0 Å². The van der Waals surface area contributed by atoms with Crippen molar-refractivity contribution in [1.82, 2.24) is 0 Å². The molecule has 0 aromatic heterocycles. The van der Waals surface area contributed by atoms with Crippen molar-refractivity contribution < 1.29 is 4.74 Å². The summed E-state index contributed by atoms with van der Waals surface area (Å²) in [6.07, 6.45) is 0.